The van der Waals surface area contributed by atoms with Crippen molar-refractivity contribution in [3.63, 3.8) is 0 Å². The highest BCUT2D eigenvalue weighted by Gasteiger charge is 2.50. The molecule has 1 atom stereocenters. The van der Waals surface area contributed by atoms with Crippen LogP contribution < -0.4 is 14.4 Å². The van der Waals surface area contributed by atoms with Crippen LogP contribution in [0, 0.1) is 5.41 Å². The van der Waals surface area contributed by atoms with Gasteiger partial charge in [0.1, 0.15) is 22.9 Å². The van der Waals surface area contributed by atoms with Gasteiger partial charge in [-0.2, -0.15) is 0 Å². The largest absolute Gasteiger partial charge is 0.497 e. The fraction of sp³-hybridized carbons (Fsp3) is 0.405. The summed E-state index contributed by atoms with van der Waals surface area (Å²) >= 11 is 0. The first-order valence-corrected chi connectivity index (χ1v) is 18.4. The van der Waals surface area contributed by atoms with Crippen molar-refractivity contribution in [3.8, 4) is 17.2 Å². The Morgan fingerprint density at radius 1 is 0.961 bits per heavy atom. The number of piperazine rings is 1. The summed E-state index contributed by atoms with van der Waals surface area (Å²) in [6.45, 7) is 10.7. The first kappa shape index (κ1) is 33.4. The maximum atomic E-state index is 11.9. The number of ether oxygens (including phenoxy) is 2. The molecule has 0 bridgehead atoms. The van der Waals surface area contributed by atoms with Crippen molar-refractivity contribution < 1.29 is 14.3 Å². The van der Waals surface area contributed by atoms with E-state index in [1.807, 2.05) is 36.7 Å². The minimum absolute atomic E-state index is 0.327. The van der Waals surface area contributed by atoms with Crippen molar-refractivity contribution in [2.75, 3.05) is 44.7 Å². The number of aromatic nitrogens is 3. The number of hydrogen-bond acceptors (Lipinski definition) is 8. The summed E-state index contributed by atoms with van der Waals surface area (Å²) in [6, 6.07) is 21.5. The number of pyridine rings is 2. The van der Waals surface area contributed by atoms with Gasteiger partial charge in [-0.3, -0.25) is 19.6 Å². The number of fused-ring (bicyclic) bond motifs is 1. The van der Waals surface area contributed by atoms with E-state index in [9.17, 15) is 4.79 Å². The molecule has 0 radical (unpaired) electrons. The Kier molecular flexibility index (Phi) is 9.25. The fourth-order valence-electron chi connectivity index (χ4n) is 8.75. The summed E-state index contributed by atoms with van der Waals surface area (Å²) in [5.41, 5.74) is 6.97. The van der Waals surface area contributed by atoms with Gasteiger partial charge >= 0.3 is 0 Å². The van der Waals surface area contributed by atoms with E-state index in [2.05, 4.69) is 86.1 Å². The quantitative estimate of drug-likeness (QED) is 0.148. The molecule has 2 saturated heterocycles. The molecule has 1 spiro atoms. The van der Waals surface area contributed by atoms with Crippen LogP contribution in [0.15, 0.2) is 85.5 Å². The third-order valence-electron chi connectivity index (χ3n) is 11.7. The van der Waals surface area contributed by atoms with Crippen LogP contribution in [0.5, 0.6) is 17.2 Å². The number of benzene rings is 2. The summed E-state index contributed by atoms with van der Waals surface area (Å²) in [5, 5.41) is 0.971. The number of H-pyrrole nitrogens is 1. The molecule has 1 aliphatic carbocycles. The third kappa shape index (κ3) is 6.85. The van der Waals surface area contributed by atoms with Crippen LogP contribution in [-0.4, -0.2) is 76.9 Å². The summed E-state index contributed by atoms with van der Waals surface area (Å²) in [5.74, 6) is 2.53. The minimum atomic E-state index is 0.327. The van der Waals surface area contributed by atoms with Gasteiger partial charge in [-0.25, -0.2) is 4.98 Å². The second kappa shape index (κ2) is 14.1. The Hall–Kier alpha value is -4.73. The molecule has 2 aromatic carbocycles. The summed E-state index contributed by atoms with van der Waals surface area (Å²) in [6.07, 6.45) is 13.4. The number of nitrogens with one attached hydrogen (secondary N) is 1. The molecule has 1 saturated carbocycles. The second-order valence-corrected chi connectivity index (χ2v) is 15.1. The number of carbonyl (C=O) groups excluding carboxylic acids is 1. The zero-order chi connectivity index (χ0) is 35.0. The highest BCUT2D eigenvalue weighted by molar-refractivity contribution is 5.81. The number of methoxy groups -OCH3 is 1. The molecule has 1 unspecified atom stereocenters. The molecule has 1 N–H and O–H groups in total. The van der Waals surface area contributed by atoms with Gasteiger partial charge in [0.15, 0.2) is 6.29 Å². The molecule has 3 fully saturated rings. The number of nitrogens with zero attached hydrogens (tertiary/aromatic N) is 5. The number of hydrogen-bond donors (Lipinski definition) is 1. The Balaban J connectivity index is 0.938. The lowest BCUT2D eigenvalue weighted by Crippen LogP contribution is -2.60. The highest BCUT2D eigenvalue weighted by Crippen LogP contribution is 2.53. The van der Waals surface area contributed by atoms with E-state index in [1.54, 1.807) is 13.3 Å². The van der Waals surface area contributed by atoms with Crippen LogP contribution in [0.4, 0.5) is 5.69 Å². The average molecular weight is 685 g/mol. The Bertz CT molecular complexity index is 1970. The van der Waals surface area contributed by atoms with Crippen LogP contribution in [0.3, 0.4) is 0 Å². The van der Waals surface area contributed by atoms with E-state index in [-0.39, 0.29) is 0 Å². The van der Waals surface area contributed by atoms with Crippen LogP contribution in [-0.2, 0) is 6.54 Å². The smallest absolute Gasteiger partial charge is 0.153 e. The molecule has 264 valence electrons. The van der Waals surface area contributed by atoms with Crippen LogP contribution in [0.25, 0.3) is 11.0 Å². The van der Waals surface area contributed by atoms with Gasteiger partial charge in [-0.1, -0.05) is 26.0 Å². The maximum Gasteiger partial charge on any atom is 0.153 e. The fourth-order valence-corrected chi connectivity index (χ4v) is 8.75. The second-order valence-electron chi connectivity index (χ2n) is 15.1. The van der Waals surface area contributed by atoms with E-state index in [0.29, 0.717) is 40.5 Å². The van der Waals surface area contributed by atoms with Crippen molar-refractivity contribution in [2.24, 2.45) is 5.41 Å². The standard InChI is InChI=1S/C42H48N6O3/c1-29(2)37-11-14-43-25-38(37)39-27-46(26-30-4-8-35(50-3)9-5-30)18-19-48(39)34-22-42(23-34)12-16-47(17-13-42)33-7-6-32(28-49)40(21-33)51-36-20-31-10-15-44-41(31)45-24-36/h4-11,14-15,20-21,24-25,28-29,34,39H,12-13,16-19,22-23,26-27H2,1-3H3,(H,44,45). The monoisotopic (exact) mass is 684 g/mol. The molecule has 51 heavy (non-hydrogen) atoms. The molecule has 9 nitrogen and oxygen atoms in total. The molecule has 9 heteroatoms. The summed E-state index contributed by atoms with van der Waals surface area (Å²) in [4.78, 5) is 32.0. The Morgan fingerprint density at radius 3 is 2.55 bits per heavy atom. The predicted molar refractivity (Wildman–Crippen MR) is 201 cm³/mol. The highest BCUT2D eigenvalue weighted by atomic mass is 16.5. The number of anilines is 1. The molecular formula is C42H48N6O3. The SMILES string of the molecule is COc1ccc(CN2CCN(C3CC4(CCN(c5ccc(C=O)c(Oc6cnc7[nH]ccc7c6)c5)CC4)C3)C(c3cnccc3C(C)C)C2)cc1. The van der Waals surface area contributed by atoms with Gasteiger partial charge in [0.25, 0.3) is 0 Å². The third-order valence-corrected chi connectivity index (χ3v) is 11.7. The Morgan fingerprint density at radius 2 is 1.78 bits per heavy atom. The van der Waals surface area contributed by atoms with Crippen molar-refractivity contribution in [1.82, 2.24) is 24.8 Å². The van der Waals surface area contributed by atoms with Gasteiger partial charge in [-0.05, 0) is 96.2 Å². The van der Waals surface area contributed by atoms with Crippen LogP contribution >= 0.6 is 0 Å². The molecule has 3 aromatic heterocycles. The lowest BCUT2D eigenvalue weighted by atomic mass is 9.59. The van der Waals surface area contributed by atoms with Crippen LogP contribution in [0.2, 0.25) is 0 Å². The Labute approximate surface area is 300 Å². The van der Waals surface area contributed by atoms with E-state index >= 15 is 0 Å². The molecule has 2 aliphatic heterocycles. The number of piperidine rings is 1. The topological polar surface area (TPSA) is 86.8 Å². The van der Waals surface area contributed by atoms with Gasteiger partial charge in [0.05, 0.1) is 18.9 Å². The van der Waals surface area contributed by atoms with Gasteiger partial charge < -0.3 is 19.4 Å². The van der Waals surface area contributed by atoms with E-state index < -0.39 is 0 Å². The molecule has 0 amide bonds. The molecule has 3 aliphatic rings. The first-order chi connectivity index (χ1) is 24.9. The maximum absolute atomic E-state index is 11.9. The molecular weight excluding hydrogens is 637 g/mol. The van der Waals surface area contributed by atoms with Gasteiger partial charge in [-0.15, -0.1) is 0 Å². The van der Waals surface area contributed by atoms with E-state index in [4.69, 9.17) is 9.47 Å². The summed E-state index contributed by atoms with van der Waals surface area (Å²) < 4.78 is 11.6. The molecule has 5 heterocycles. The lowest BCUT2D eigenvalue weighted by molar-refractivity contribution is -0.0628. The van der Waals surface area contributed by atoms with Gasteiger partial charge in [0.2, 0.25) is 0 Å². The minimum Gasteiger partial charge on any atom is -0.497 e. The number of carbonyl (C=O) groups is 1. The van der Waals surface area contributed by atoms with Crippen molar-refractivity contribution in [2.45, 2.75) is 64.1 Å². The van der Waals surface area contributed by atoms with Crippen molar-refractivity contribution >= 4 is 23.0 Å². The van der Waals surface area contributed by atoms with E-state index in [0.717, 1.165) is 68.0 Å². The predicted octanol–water partition coefficient (Wildman–Crippen LogP) is 8.00. The number of aromatic amines is 1. The first-order valence-electron chi connectivity index (χ1n) is 18.4. The van der Waals surface area contributed by atoms with Gasteiger partial charge in [0, 0.05) is 87.1 Å². The summed E-state index contributed by atoms with van der Waals surface area (Å²) in [7, 11) is 1.72. The zero-order valence-electron chi connectivity index (χ0n) is 29.9. The van der Waals surface area contributed by atoms with Crippen LogP contribution in [0.1, 0.15) is 78.5 Å². The zero-order valence-corrected chi connectivity index (χ0v) is 29.9. The lowest BCUT2D eigenvalue weighted by Gasteiger charge is -2.58. The number of rotatable bonds is 10. The van der Waals surface area contributed by atoms with Crippen molar-refractivity contribution in [3.05, 3.63) is 108 Å². The number of aldehydes is 1. The normalized spacial score (nSPS) is 19.8. The average Bonchev–Trinajstić information content (AvgIpc) is 3.62. The van der Waals surface area contributed by atoms with Crippen molar-refractivity contribution in [1.29, 1.82) is 0 Å². The van der Waals surface area contributed by atoms with E-state index in [1.165, 1.54) is 42.4 Å². The molecule has 8 rings (SSSR count). The molecule has 5 aromatic rings.